The van der Waals surface area contributed by atoms with Gasteiger partial charge in [0.25, 0.3) is 5.91 Å². The molecule has 1 amide bonds. The van der Waals surface area contributed by atoms with Crippen molar-refractivity contribution in [3.05, 3.63) is 94.4 Å². The number of rotatable bonds is 6. The minimum Gasteiger partial charge on any atom is -0.347 e. The highest BCUT2D eigenvalue weighted by molar-refractivity contribution is 7.98. The summed E-state index contributed by atoms with van der Waals surface area (Å²) >= 11 is 3.20. The molecule has 0 saturated carbocycles. The molecule has 29 heavy (non-hydrogen) atoms. The standard InChI is InChI=1S/C24H22N2OS2/c1-17-5-9-19(10-6-17)21-16-29-23(22(21)26-13-3-4-14-26)24(27)25-15-18-7-11-20(28-2)12-8-18/h3-14,16H,15H2,1-2H3,(H,25,27). The van der Waals surface area contributed by atoms with Crippen molar-refractivity contribution in [2.45, 2.75) is 18.4 Å². The molecule has 1 N–H and O–H groups in total. The highest BCUT2D eigenvalue weighted by atomic mass is 32.2. The first-order valence-electron chi connectivity index (χ1n) is 9.38. The van der Waals surface area contributed by atoms with Gasteiger partial charge in [0, 0.05) is 34.8 Å². The summed E-state index contributed by atoms with van der Waals surface area (Å²) in [5.74, 6) is -0.0500. The van der Waals surface area contributed by atoms with Crippen LogP contribution in [0.15, 0.2) is 83.3 Å². The number of aromatic nitrogens is 1. The van der Waals surface area contributed by atoms with Gasteiger partial charge in [0.05, 0.1) is 5.69 Å². The third kappa shape index (κ3) is 4.31. The van der Waals surface area contributed by atoms with Crippen molar-refractivity contribution in [3.8, 4) is 16.8 Å². The number of hydrogen-bond donors (Lipinski definition) is 1. The summed E-state index contributed by atoms with van der Waals surface area (Å²) in [6.07, 6.45) is 6.03. The fourth-order valence-corrected chi connectivity index (χ4v) is 4.59. The van der Waals surface area contributed by atoms with E-state index in [-0.39, 0.29) is 5.91 Å². The lowest BCUT2D eigenvalue weighted by Gasteiger charge is -2.11. The van der Waals surface area contributed by atoms with E-state index in [1.54, 1.807) is 11.8 Å². The normalized spacial score (nSPS) is 10.8. The van der Waals surface area contributed by atoms with Gasteiger partial charge in [-0.2, -0.15) is 0 Å². The van der Waals surface area contributed by atoms with E-state index in [0.717, 1.165) is 27.3 Å². The number of benzene rings is 2. The average molecular weight is 419 g/mol. The maximum atomic E-state index is 13.0. The molecule has 2 aromatic heterocycles. The van der Waals surface area contributed by atoms with E-state index >= 15 is 0 Å². The van der Waals surface area contributed by atoms with Crippen LogP contribution >= 0.6 is 23.1 Å². The van der Waals surface area contributed by atoms with Crippen LogP contribution in [0, 0.1) is 6.92 Å². The predicted molar refractivity (Wildman–Crippen MR) is 123 cm³/mol. The Labute approximate surface area is 179 Å². The molecule has 0 aliphatic carbocycles. The fourth-order valence-electron chi connectivity index (χ4n) is 3.20. The first kappa shape index (κ1) is 19.6. The predicted octanol–water partition coefficient (Wildman–Crippen LogP) is 6.17. The molecular weight excluding hydrogens is 396 g/mol. The number of aryl methyl sites for hydroxylation is 1. The van der Waals surface area contributed by atoms with E-state index in [2.05, 4.69) is 72.4 Å². The molecule has 3 nitrogen and oxygen atoms in total. The van der Waals surface area contributed by atoms with Crippen molar-refractivity contribution < 1.29 is 4.79 Å². The maximum absolute atomic E-state index is 13.0. The zero-order valence-electron chi connectivity index (χ0n) is 16.4. The van der Waals surface area contributed by atoms with Crippen LogP contribution in [0.4, 0.5) is 0 Å². The van der Waals surface area contributed by atoms with Gasteiger partial charge in [0.2, 0.25) is 0 Å². The topological polar surface area (TPSA) is 34.0 Å². The van der Waals surface area contributed by atoms with E-state index in [4.69, 9.17) is 0 Å². The van der Waals surface area contributed by atoms with Crippen LogP contribution in [0.1, 0.15) is 20.8 Å². The Morgan fingerprint density at radius 2 is 1.72 bits per heavy atom. The number of carbonyl (C=O) groups excluding carboxylic acids is 1. The van der Waals surface area contributed by atoms with Gasteiger partial charge in [-0.05, 0) is 48.6 Å². The summed E-state index contributed by atoms with van der Waals surface area (Å²) in [5.41, 5.74) is 5.42. The van der Waals surface area contributed by atoms with Crippen LogP contribution in [0.5, 0.6) is 0 Å². The number of thiophene rings is 1. The Morgan fingerprint density at radius 3 is 2.38 bits per heavy atom. The van der Waals surface area contributed by atoms with Crippen molar-refractivity contribution >= 4 is 29.0 Å². The summed E-state index contributed by atoms with van der Waals surface area (Å²) in [6.45, 7) is 2.59. The van der Waals surface area contributed by atoms with Crippen LogP contribution in [0.2, 0.25) is 0 Å². The SMILES string of the molecule is CSc1ccc(CNC(=O)c2scc(-c3ccc(C)cc3)c2-n2cccc2)cc1. The minimum atomic E-state index is -0.0500. The van der Waals surface area contributed by atoms with Gasteiger partial charge in [0.1, 0.15) is 4.88 Å². The van der Waals surface area contributed by atoms with Crippen LogP contribution in [-0.2, 0) is 6.54 Å². The zero-order chi connectivity index (χ0) is 20.2. The van der Waals surface area contributed by atoms with Crippen molar-refractivity contribution in [2.75, 3.05) is 6.26 Å². The average Bonchev–Trinajstić information content (AvgIpc) is 3.42. The Balaban J connectivity index is 1.62. The summed E-state index contributed by atoms with van der Waals surface area (Å²) in [6, 6.07) is 20.7. The van der Waals surface area contributed by atoms with Crippen molar-refractivity contribution in [1.29, 1.82) is 0 Å². The zero-order valence-corrected chi connectivity index (χ0v) is 18.0. The second kappa shape index (κ2) is 8.72. The molecule has 0 aliphatic heterocycles. The number of thioether (sulfide) groups is 1. The van der Waals surface area contributed by atoms with Gasteiger partial charge in [-0.25, -0.2) is 0 Å². The van der Waals surface area contributed by atoms with E-state index in [0.29, 0.717) is 6.54 Å². The molecule has 5 heteroatoms. The number of carbonyl (C=O) groups is 1. The molecule has 2 aromatic carbocycles. The summed E-state index contributed by atoms with van der Waals surface area (Å²) in [7, 11) is 0. The Bertz CT molecular complexity index is 1100. The summed E-state index contributed by atoms with van der Waals surface area (Å²) < 4.78 is 2.02. The Kier molecular flexibility index (Phi) is 5.88. The highest BCUT2D eigenvalue weighted by Crippen LogP contribution is 2.35. The Morgan fingerprint density at radius 1 is 1.03 bits per heavy atom. The van der Waals surface area contributed by atoms with Gasteiger partial charge in [0.15, 0.2) is 0 Å². The van der Waals surface area contributed by atoms with Gasteiger partial charge in [-0.1, -0.05) is 42.0 Å². The molecule has 4 rings (SSSR count). The van der Waals surface area contributed by atoms with Crippen molar-refractivity contribution in [3.63, 3.8) is 0 Å². The molecule has 0 fully saturated rings. The first-order valence-corrected chi connectivity index (χ1v) is 11.5. The number of amides is 1. The molecule has 146 valence electrons. The minimum absolute atomic E-state index is 0.0500. The highest BCUT2D eigenvalue weighted by Gasteiger charge is 2.20. The van der Waals surface area contributed by atoms with Crippen LogP contribution in [0.3, 0.4) is 0 Å². The molecule has 0 radical (unpaired) electrons. The second-order valence-corrected chi connectivity index (χ2v) is 8.57. The first-order chi connectivity index (χ1) is 14.2. The van der Waals surface area contributed by atoms with Gasteiger partial charge in [-0.15, -0.1) is 23.1 Å². The molecule has 0 atom stereocenters. The lowest BCUT2D eigenvalue weighted by molar-refractivity contribution is 0.0955. The van der Waals surface area contributed by atoms with Crippen molar-refractivity contribution in [1.82, 2.24) is 9.88 Å². The molecular formula is C24H22N2OS2. The quantitative estimate of drug-likeness (QED) is 0.380. The third-order valence-corrected chi connectivity index (χ3v) is 6.52. The van der Waals surface area contributed by atoms with E-state index in [1.807, 2.05) is 29.1 Å². The molecule has 4 aromatic rings. The Hall–Kier alpha value is -2.76. The molecule has 0 aliphatic rings. The molecule has 0 unspecified atom stereocenters. The second-order valence-electron chi connectivity index (χ2n) is 6.81. The number of hydrogen-bond acceptors (Lipinski definition) is 3. The number of nitrogens with one attached hydrogen (secondary N) is 1. The lowest BCUT2D eigenvalue weighted by atomic mass is 10.0. The van der Waals surface area contributed by atoms with Gasteiger partial charge < -0.3 is 9.88 Å². The van der Waals surface area contributed by atoms with E-state index in [9.17, 15) is 4.79 Å². The monoisotopic (exact) mass is 418 g/mol. The van der Waals surface area contributed by atoms with E-state index < -0.39 is 0 Å². The van der Waals surface area contributed by atoms with Crippen LogP contribution in [-0.4, -0.2) is 16.7 Å². The molecule has 2 heterocycles. The lowest BCUT2D eigenvalue weighted by Crippen LogP contribution is -2.23. The summed E-state index contributed by atoms with van der Waals surface area (Å²) in [5, 5.41) is 5.15. The van der Waals surface area contributed by atoms with E-state index in [1.165, 1.54) is 21.8 Å². The fraction of sp³-hybridized carbons (Fsp3) is 0.125. The van der Waals surface area contributed by atoms with Gasteiger partial charge >= 0.3 is 0 Å². The maximum Gasteiger partial charge on any atom is 0.263 e. The molecule has 0 saturated heterocycles. The molecule has 0 spiro atoms. The largest absolute Gasteiger partial charge is 0.347 e. The summed E-state index contributed by atoms with van der Waals surface area (Å²) in [4.78, 5) is 15.0. The molecule has 0 bridgehead atoms. The number of nitrogens with zero attached hydrogens (tertiary/aromatic N) is 1. The third-order valence-electron chi connectivity index (χ3n) is 4.81. The van der Waals surface area contributed by atoms with Crippen molar-refractivity contribution in [2.24, 2.45) is 0 Å². The van der Waals surface area contributed by atoms with Gasteiger partial charge in [-0.3, -0.25) is 4.79 Å². The van der Waals surface area contributed by atoms with Crippen LogP contribution in [0.25, 0.3) is 16.8 Å². The van der Waals surface area contributed by atoms with Crippen LogP contribution < -0.4 is 5.32 Å². The smallest absolute Gasteiger partial charge is 0.263 e.